The molecule has 0 aliphatic heterocycles. The van der Waals surface area contributed by atoms with Gasteiger partial charge in [0.05, 0.1) is 11.8 Å². The summed E-state index contributed by atoms with van der Waals surface area (Å²) in [4.78, 5) is 24.6. The molecule has 6 heteroatoms. The molecule has 2 heterocycles. The maximum absolute atomic E-state index is 12.7. The molecule has 1 aliphatic rings. The topological polar surface area (TPSA) is 79.9 Å². The van der Waals surface area contributed by atoms with Crippen LogP contribution >= 0.6 is 0 Å². The Hall–Kier alpha value is -2.89. The zero-order valence-corrected chi connectivity index (χ0v) is 16.8. The number of rotatable bonds is 4. The third-order valence-corrected chi connectivity index (χ3v) is 5.54. The average molecular weight is 378 g/mol. The molecule has 4 rings (SSSR count). The van der Waals surface area contributed by atoms with Crippen molar-refractivity contribution in [1.29, 1.82) is 0 Å². The molecular formula is C22H26N4O2. The van der Waals surface area contributed by atoms with Crippen LogP contribution in [0.3, 0.4) is 0 Å². The molecule has 146 valence electrons. The Bertz CT molecular complexity index is 1030. The van der Waals surface area contributed by atoms with E-state index in [0.717, 1.165) is 18.6 Å². The Labute approximate surface area is 164 Å². The van der Waals surface area contributed by atoms with E-state index < -0.39 is 0 Å². The van der Waals surface area contributed by atoms with Gasteiger partial charge in [-0.15, -0.1) is 0 Å². The maximum Gasteiger partial charge on any atom is 0.255 e. The first-order valence-corrected chi connectivity index (χ1v) is 9.76. The second-order valence-corrected chi connectivity index (χ2v) is 8.56. The van der Waals surface area contributed by atoms with Gasteiger partial charge >= 0.3 is 0 Å². The molecule has 28 heavy (non-hydrogen) atoms. The van der Waals surface area contributed by atoms with E-state index in [9.17, 15) is 4.79 Å². The second kappa shape index (κ2) is 6.93. The Morgan fingerprint density at radius 1 is 1.25 bits per heavy atom. The Morgan fingerprint density at radius 2 is 2.04 bits per heavy atom. The number of aryl methyl sites for hydroxylation is 2. The van der Waals surface area contributed by atoms with E-state index in [2.05, 4.69) is 53.2 Å². The lowest BCUT2D eigenvalue weighted by Gasteiger charge is -2.27. The number of fused-ring (bicyclic) bond motifs is 2. The first-order chi connectivity index (χ1) is 13.3. The molecule has 2 aromatic heterocycles. The number of hydrogen-bond acceptors (Lipinski definition) is 4. The second-order valence-electron chi connectivity index (χ2n) is 8.56. The van der Waals surface area contributed by atoms with Gasteiger partial charge in [-0.1, -0.05) is 26.8 Å². The normalized spacial score (nSPS) is 14.7. The molecule has 0 unspecified atom stereocenters. The minimum absolute atomic E-state index is 0.0174. The lowest BCUT2D eigenvalue weighted by Crippen LogP contribution is -2.41. The van der Waals surface area contributed by atoms with Crippen molar-refractivity contribution in [2.24, 2.45) is 5.41 Å². The number of H-pyrrole nitrogens is 1. The SMILES string of the molecule is C[C@H](NC(=O)c1c[nH]c2ncc(Oc3ccc4c(c3)CCC4)nc12)C(C)(C)C. The van der Waals surface area contributed by atoms with Gasteiger partial charge < -0.3 is 15.0 Å². The summed E-state index contributed by atoms with van der Waals surface area (Å²) in [6.45, 7) is 8.28. The van der Waals surface area contributed by atoms with Gasteiger partial charge in [0.15, 0.2) is 5.65 Å². The molecule has 0 bridgehead atoms. The van der Waals surface area contributed by atoms with Crippen molar-refractivity contribution in [1.82, 2.24) is 20.3 Å². The summed E-state index contributed by atoms with van der Waals surface area (Å²) in [6, 6.07) is 6.17. The van der Waals surface area contributed by atoms with E-state index in [1.165, 1.54) is 17.5 Å². The first-order valence-electron chi connectivity index (χ1n) is 9.76. The minimum atomic E-state index is -0.169. The first kappa shape index (κ1) is 18.5. The van der Waals surface area contributed by atoms with E-state index in [-0.39, 0.29) is 17.4 Å². The number of benzene rings is 1. The van der Waals surface area contributed by atoms with Crippen molar-refractivity contribution in [3.63, 3.8) is 0 Å². The van der Waals surface area contributed by atoms with Gasteiger partial charge in [-0.3, -0.25) is 4.79 Å². The molecule has 1 aromatic carbocycles. The number of amides is 1. The van der Waals surface area contributed by atoms with Gasteiger partial charge in [0, 0.05) is 12.2 Å². The van der Waals surface area contributed by atoms with Crippen molar-refractivity contribution in [2.45, 2.75) is 53.0 Å². The fourth-order valence-corrected chi connectivity index (χ4v) is 3.32. The third-order valence-electron chi connectivity index (χ3n) is 5.54. The zero-order chi connectivity index (χ0) is 19.9. The van der Waals surface area contributed by atoms with Gasteiger partial charge in [0.25, 0.3) is 5.91 Å². The van der Waals surface area contributed by atoms with Gasteiger partial charge in [-0.25, -0.2) is 9.97 Å². The Balaban J connectivity index is 1.58. The number of nitrogens with zero attached hydrogens (tertiary/aromatic N) is 2. The minimum Gasteiger partial charge on any atom is -0.437 e. The van der Waals surface area contributed by atoms with Crippen molar-refractivity contribution < 1.29 is 9.53 Å². The average Bonchev–Trinajstić information content (AvgIpc) is 3.26. The smallest absolute Gasteiger partial charge is 0.255 e. The molecule has 0 saturated heterocycles. The summed E-state index contributed by atoms with van der Waals surface area (Å²) in [5.41, 5.74) is 4.25. The van der Waals surface area contributed by atoms with Crippen molar-refractivity contribution in [3.8, 4) is 11.6 Å². The van der Waals surface area contributed by atoms with Gasteiger partial charge in [0.2, 0.25) is 5.88 Å². The molecule has 2 N–H and O–H groups in total. The predicted molar refractivity (Wildman–Crippen MR) is 109 cm³/mol. The highest BCUT2D eigenvalue weighted by Crippen LogP contribution is 2.29. The summed E-state index contributed by atoms with van der Waals surface area (Å²) in [7, 11) is 0. The number of nitrogens with one attached hydrogen (secondary N) is 2. The van der Waals surface area contributed by atoms with Crippen LogP contribution in [-0.2, 0) is 12.8 Å². The molecule has 0 radical (unpaired) electrons. The Kier molecular flexibility index (Phi) is 4.57. The van der Waals surface area contributed by atoms with Crippen LogP contribution in [0.1, 0.15) is 55.6 Å². The van der Waals surface area contributed by atoms with Crippen molar-refractivity contribution in [2.75, 3.05) is 0 Å². The summed E-state index contributed by atoms with van der Waals surface area (Å²) in [6.07, 6.45) is 6.64. The molecular weight excluding hydrogens is 352 g/mol. The number of ether oxygens (including phenoxy) is 1. The van der Waals surface area contributed by atoms with Crippen LogP contribution in [0.4, 0.5) is 0 Å². The van der Waals surface area contributed by atoms with E-state index >= 15 is 0 Å². The van der Waals surface area contributed by atoms with E-state index in [4.69, 9.17) is 4.74 Å². The lowest BCUT2D eigenvalue weighted by molar-refractivity contribution is 0.0911. The van der Waals surface area contributed by atoms with Crippen LogP contribution in [0, 0.1) is 5.41 Å². The molecule has 0 spiro atoms. The van der Waals surface area contributed by atoms with Crippen LogP contribution < -0.4 is 10.1 Å². The highest BCUT2D eigenvalue weighted by Gasteiger charge is 2.24. The third kappa shape index (κ3) is 3.59. The monoisotopic (exact) mass is 378 g/mol. The molecule has 1 amide bonds. The van der Waals surface area contributed by atoms with Gasteiger partial charge in [0.1, 0.15) is 11.3 Å². The van der Waals surface area contributed by atoms with Crippen LogP contribution in [0.25, 0.3) is 11.2 Å². The van der Waals surface area contributed by atoms with Crippen molar-refractivity contribution >= 4 is 17.1 Å². The van der Waals surface area contributed by atoms with Gasteiger partial charge in [-0.2, -0.15) is 0 Å². The van der Waals surface area contributed by atoms with Gasteiger partial charge in [-0.05, 0) is 54.9 Å². The molecule has 0 fully saturated rings. The van der Waals surface area contributed by atoms with Crippen LogP contribution in [0.2, 0.25) is 0 Å². The summed E-state index contributed by atoms with van der Waals surface area (Å²) in [5, 5.41) is 3.04. The van der Waals surface area contributed by atoms with Crippen LogP contribution in [0.5, 0.6) is 11.6 Å². The molecule has 3 aromatic rings. The highest BCUT2D eigenvalue weighted by atomic mass is 16.5. The largest absolute Gasteiger partial charge is 0.437 e. The highest BCUT2D eigenvalue weighted by molar-refractivity contribution is 6.04. The summed E-state index contributed by atoms with van der Waals surface area (Å²) >= 11 is 0. The molecule has 0 saturated carbocycles. The van der Waals surface area contributed by atoms with E-state index in [0.29, 0.717) is 22.6 Å². The zero-order valence-electron chi connectivity index (χ0n) is 16.8. The fourth-order valence-electron chi connectivity index (χ4n) is 3.32. The number of aromatic nitrogens is 3. The standard InChI is InChI=1S/C22H26N4O2/c1-13(22(2,3)4)25-21(27)17-11-23-20-19(17)26-18(12-24-20)28-16-9-8-14-6-5-7-15(14)10-16/h8-13H,5-7H2,1-4H3,(H,23,24)(H,25,27)/t13-/m0/s1. The maximum atomic E-state index is 12.7. The Morgan fingerprint density at radius 3 is 2.82 bits per heavy atom. The van der Waals surface area contributed by atoms with E-state index in [1.807, 2.05) is 13.0 Å². The summed E-state index contributed by atoms with van der Waals surface area (Å²) < 4.78 is 5.93. The predicted octanol–water partition coefficient (Wildman–Crippen LogP) is 4.40. The van der Waals surface area contributed by atoms with E-state index in [1.54, 1.807) is 12.4 Å². The number of hydrogen-bond donors (Lipinski definition) is 2. The lowest BCUT2D eigenvalue weighted by atomic mass is 9.88. The number of aromatic amines is 1. The molecule has 1 aliphatic carbocycles. The molecule has 1 atom stereocenters. The van der Waals surface area contributed by atoms with Crippen LogP contribution in [0.15, 0.2) is 30.6 Å². The number of carbonyl (C=O) groups is 1. The fraction of sp³-hybridized carbons (Fsp3) is 0.409. The summed E-state index contributed by atoms with van der Waals surface area (Å²) in [5.74, 6) is 0.956. The van der Waals surface area contributed by atoms with Crippen molar-refractivity contribution in [3.05, 3.63) is 47.3 Å². The number of carbonyl (C=O) groups excluding carboxylic acids is 1. The quantitative estimate of drug-likeness (QED) is 0.705. The molecule has 6 nitrogen and oxygen atoms in total. The van der Waals surface area contributed by atoms with Crippen LogP contribution in [-0.4, -0.2) is 26.9 Å².